The zero-order valence-corrected chi connectivity index (χ0v) is 11.6. The minimum atomic E-state index is -0.398. The highest BCUT2D eigenvalue weighted by atomic mass is 19.1. The van der Waals surface area contributed by atoms with Crippen LogP contribution in [0.1, 0.15) is 16.1 Å². The second kappa shape index (κ2) is 6.17. The number of halogens is 1. The summed E-state index contributed by atoms with van der Waals surface area (Å²) in [6.07, 6.45) is 1.38. The van der Waals surface area contributed by atoms with E-state index in [-0.39, 0.29) is 18.1 Å². The third-order valence-corrected chi connectivity index (χ3v) is 3.11. The number of carbonyl (C=O) groups is 1. The van der Waals surface area contributed by atoms with Crippen LogP contribution in [0.25, 0.3) is 5.69 Å². The molecule has 3 rings (SSSR count). The lowest BCUT2D eigenvalue weighted by atomic mass is 10.2. The zero-order valence-electron chi connectivity index (χ0n) is 11.6. The normalized spacial score (nSPS) is 10.4. The maximum Gasteiger partial charge on any atom is 0.273 e. The van der Waals surface area contributed by atoms with Gasteiger partial charge in [0.05, 0.1) is 11.9 Å². The Morgan fingerprint density at radius 1 is 1.09 bits per heavy atom. The van der Waals surface area contributed by atoms with Crippen molar-refractivity contribution >= 4 is 5.91 Å². The second-order valence-electron chi connectivity index (χ2n) is 4.63. The SMILES string of the molecule is O=C(NCc1ccccc1F)c1cnn(-c2ccccc2)n1. The molecule has 0 spiro atoms. The van der Waals surface area contributed by atoms with Crippen LogP contribution in [0.5, 0.6) is 0 Å². The Kier molecular flexibility index (Phi) is 3.91. The van der Waals surface area contributed by atoms with Gasteiger partial charge in [-0.2, -0.15) is 9.90 Å². The number of hydrogen-bond acceptors (Lipinski definition) is 3. The first-order valence-corrected chi connectivity index (χ1v) is 6.73. The van der Waals surface area contributed by atoms with Gasteiger partial charge in [-0.15, -0.1) is 5.10 Å². The molecule has 0 radical (unpaired) electrons. The molecule has 1 aromatic heterocycles. The van der Waals surface area contributed by atoms with Crippen LogP contribution < -0.4 is 5.32 Å². The predicted octanol–water partition coefficient (Wildman–Crippen LogP) is 2.34. The van der Waals surface area contributed by atoms with E-state index in [2.05, 4.69) is 15.5 Å². The monoisotopic (exact) mass is 296 g/mol. The molecule has 1 heterocycles. The van der Waals surface area contributed by atoms with Gasteiger partial charge in [-0.1, -0.05) is 36.4 Å². The van der Waals surface area contributed by atoms with Crippen molar-refractivity contribution in [2.45, 2.75) is 6.54 Å². The maximum atomic E-state index is 13.5. The van der Waals surface area contributed by atoms with E-state index in [4.69, 9.17) is 0 Å². The molecule has 0 atom stereocenters. The molecule has 0 fully saturated rings. The topological polar surface area (TPSA) is 59.8 Å². The molecule has 110 valence electrons. The number of para-hydroxylation sites is 1. The first kappa shape index (κ1) is 13.9. The quantitative estimate of drug-likeness (QED) is 0.804. The minimum absolute atomic E-state index is 0.101. The molecule has 0 aliphatic heterocycles. The van der Waals surface area contributed by atoms with Crippen molar-refractivity contribution in [1.29, 1.82) is 0 Å². The summed E-state index contributed by atoms with van der Waals surface area (Å²) < 4.78 is 13.5. The van der Waals surface area contributed by atoms with E-state index >= 15 is 0 Å². The van der Waals surface area contributed by atoms with Gasteiger partial charge in [-0.25, -0.2) is 4.39 Å². The van der Waals surface area contributed by atoms with Crippen molar-refractivity contribution < 1.29 is 9.18 Å². The lowest BCUT2D eigenvalue weighted by molar-refractivity contribution is 0.0945. The summed E-state index contributed by atoms with van der Waals surface area (Å²) in [6, 6.07) is 15.6. The van der Waals surface area contributed by atoms with Gasteiger partial charge in [-0.3, -0.25) is 4.79 Å². The summed E-state index contributed by atoms with van der Waals surface area (Å²) in [6.45, 7) is 0.101. The fourth-order valence-corrected chi connectivity index (χ4v) is 1.96. The number of benzene rings is 2. The van der Waals surface area contributed by atoms with Gasteiger partial charge < -0.3 is 5.32 Å². The van der Waals surface area contributed by atoms with Crippen molar-refractivity contribution in [2.75, 3.05) is 0 Å². The van der Waals surface area contributed by atoms with Crippen LogP contribution in [0, 0.1) is 5.82 Å². The fourth-order valence-electron chi connectivity index (χ4n) is 1.96. The number of aromatic nitrogens is 3. The van der Waals surface area contributed by atoms with E-state index in [1.807, 2.05) is 30.3 Å². The lowest BCUT2D eigenvalue weighted by Crippen LogP contribution is -2.23. The summed E-state index contributed by atoms with van der Waals surface area (Å²) in [5, 5.41) is 10.8. The molecule has 0 aliphatic carbocycles. The van der Waals surface area contributed by atoms with Gasteiger partial charge in [0.15, 0.2) is 5.69 Å². The van der Waals surface area contributed by atoms with Crippen LogP contribution in [0.2, 0.25) is 0 Å². The lowest BCUT2D eigenvalue weighted by Gasteiger charge is -2.04. The highest BCUT2D eigenvalue weighted by Gasteiger charge is 2.12. The maximum absolute atomic E-state index is 13.5. The van der Waals surface area contributed by atoms with E-state index in [9.17, 15) is 9.18 Å². The Labute approximate surface area is 126 Å². The molecule has 22 heavy (non-hydrogen) atoms. The van der Waals surface area contributed by atoms with Crippen molar-refractivity contribution in [2.24, 2.45) is 0 Å². The number of nitrogens with one attached hydrogen (secondary N) is 1. The van der Waals surface area contributed by atoms with Crippen molar-refractivity contribution in [3.05, 3.63) is 77.9 Å². The fraction of sp³-hybridized carbons (Fsp3) is 0.0625. The Balaban J connectivity index is 1.69. The number of rotatable bonds is 4. The molecule has 0 aliphatic rings. The molecular formula is C16H13FN4O. The standard InChI is InChI=1S/C16H13FN4O/c17-14-9-5-4-6-12(14)10-18-16(22)15-11-19-21(20-15)13-7-2-1-3-8-13/h1-9,11H,10H2,(H,18,22). The molecule has 1 amide bonds. The first-order valence-electron chi connectivity index (χ1n) is 6.73. The molecule has 0 saturated carbocycles. The van der Waals surface area contributed by atoms with Crippen LogP contribution in [-0.4, -0.2) is 20.9 Å². The molecular weight excluding hydrogens is 283 g/mol. The summed E-state index contributed by atoms with van der Waals surface area (Å²) in [5.74, 6) is -0.749. The molecule has 0 unspecified atom stereocenters. The van der Waals surface area contributed by atoms with E-state index < -0.39 is 5.91 Å². The average Bonchev–Trinajstić information content (AvgIpc) is 3.05. The molecule has 1 N–H and O–H groups in total. The summed E-state index contributed by atoms with van der Waals surface area (Å²) in [5.41, 5.74) is 1.36. The zero-order chi connectivity index (χ0) is 15.4. The predicted molar refractivity (Wildman–Crippen MR) is 78.9 cm³/mol. The summed E-state index contributed by atoms with van der Waals surface area (Å²) in [4.78, 5) is 13.4. The summed E-state index contributed by atoms with van der Waals surface area (Å²) in [7, 11) is 0. The minimum Gasteiger partial charge on any atom is -0.346 e. The highest BCUT2D eigenvalue weighted by Crippen LogP contribution is 2.07. The third-order valence-electron chi connectivity index (χ3n) is 3.11. The Morgan fingerprint density at radius 3 is 2.59 bits per heavy atom. The highest BCUT2D eigenvalue weighted by molar-refractivity contribution is 5.91. The third kappa shape index (κ3) is 3.01. The van der Waals surface area contributed by atoms with Gasteiger partial charge in [0.25, 0.3) is 5.91 Å². The van der Waals surface area contributed by atoms with E-state index in [0.717, 1.165) is 5.69 Å². The molecule has 0 saturated heterocycles. The molecule has 0 bridgehead atoms. The van der Waals surface area contributed by atoms with Crippen LogP contribution in [0.3, 0.4) is 0 Å². The van der Waals surface area contributed by atoms with E-state index in [1.54, 1.807) is 18.2 Å². The number of carbonyl (C=O) groups excluding carboxylic acids is 1. The Bertz CT molecular complexity index is 786. The molecule has 6 heteroatoms. The van der Waals surface area contributed by atoms with Crippen molar-refractivity contribution in [3.63, 3.8) is 0 Å². The smallest absolute Gasteiger partial charge is 0.273 e. The van der Waals surface area contributed by atoms with Gasteiger partial charge >= 0.3 is 0 Å². The van der Waals surface area contributed by atoms with Crippen LogP contribution in [0.15, 0.2) is 60.8 Å². The van der Waals surface area contributed by atoms with Gasteiger partial charge in [0.1, 0.15) is 5.82 Å². The van der Waals surface area contributed by atoms with Crippen LogP contribution in [-0.2, 0) is 6.54 Å². The Morgan fingerprint density at radius 2 is 1.82 bits per heavy atom. The average molecular weight is 296 g/mol. The number of hydrogen-bond donors (Lipinski definition) is 1. The van der Waals surface area contributed by atoms with E-state index in [1.165, 1.54) is 17.1 Å². The van der Waals surface area contributed by atoms with Gasteiger partial charge in [0, 0.05) is 12.1 Å². The van der Waals surface area contributed by atoms with Crippen LogP contribution >= 0.6 is 0 Å². The molecule has 3 aromatic rings. The largest absolute Gasteiger partial charge is 0.346 e. The number of nitrogens with zero attached hydrogens (tertiary/aromatic N) is 3. The number of amides is 1. The van der Waals surface area contributed by atoms with Crippen LogP contribution in [0.4, 0.5) is 4.39 Å². The first-order chi connectivity index (χ1) is 10.7. The van der Waals surface area contributed by atoms with E-state index in [0.29, 0.717) is 5.56 Å². The van der Waals surface area contributed by atoms with Crippen molar-refractivity contribution in [1.82, 2.24) is 20.3 Å². The molecule has 2 aromatic carbocycles. The van der Waals surface area contributed by atoms with Gasteiger partial charge in [-0.05, 0) is 18.2 Å². The van der Waals surface area contributed by atoms with Crippen molar-refractivity contribution in [3.8, 4) is 5.69 Å². The molecule has 5 nitrogen and oxygen atoms in total. The van der Waals surface area contributed by atoms with Gasteiger partial charge in [0.2, 0.25) is 0 Å². The summed E-state index contributed by atoms with van der Waals surface area (Å²) >= 11 is 0. The second-order valence-corrected chi connectivity index (χ2v) is 4.63. The Hall–Kier alpha value is -3.02.